The topological polar surface area (TPSA) is 80.0 Å². The van der Waals surface area contributed by atoms with Crippen LogP contribution in [-0.2, 0) is 9.59 Å². The largest absolute Gasteiger partial charge is 0.507 e. The van der Waals surface area contributed by atoms with E-state index in [1.165, 1.54) is 11.2 Å². The second-order valence-electron chi connectivity index (χ2n) is 6.73. The highest BCUT2D eigenvalue weighted by atomic mass is 16.5. The van der Waals surface area contributed by atoms with Gasteiger partial charge in [0.2, 0.25) is 0 Å². The number of Topliss-reactive ketones (excluding diaryl/α,β-unsaturated/α-hetero) is 1. The molecule has 3 rings (SSSR count). The van der Waals surface area contributed by atoms with Crippen molar-refractivity contribution >= 4 is 17.4 Å². The fourth-order valence-electron chi connectivity index (χ4n) is 3.27. The standard InChI is InChI=1S/C22H25NO5/c1-3-5-12-23-19(17-7-6-14-28-17)18(21(25)22(23)26)20(24)15-8-10-16(11-9-15)27-13-4-2/h6-11,14,19,24H,3-5,12-13H2,1-2H3/b20-18-. The molecule has 1 aliphatic rings. The summed E-state index contributed by atoms with van der Waals surface area (Å²) in [5.41, 5.74) is 0.507. The van der Waals surface area contributed by atoms with Gasteiger partial charge in [-0.25, -0.2) is 0 Å². The lowest BCUT2D eigenvalue weighted by atomic mass is 9.99. The Balaban J connectivity index is 2.00. The van der Waals surface area contributed by atoms with Crippen LogP contribution < -0.4 is 4.74 Å². The minimum absolute atomic E-state index is 0.0540. The molecular weight excluding hydrogens is 358 g/mol. The Hall–Kier alpha value is -3.02. The van der Waals surface area contributed by atoms with Gasteiger partial charge in [0.25, 0.3) is 11.7 Å². The number of ether oxygens (including phenoxy) is 1. The molecule has 0 saturated carbocycles. The van der Waals surface area contributed by atoms with Crippen LogP contribution >= 0.6 is 0 Å². The van der Waals surface area contributed by atoms with Gasteiger partial charge in [-0.05, 0) is 49.2 Å². The van der Waals surface area contributed by atoms with E-state index >= 15 is 0 Å². The summed E-state index contributed by atoms with van der Waals surface area (Å²) in [5.74, 6) is -0.370. The Morgan fingerprint density at radius 1 is 1.14 bits per heavy atom. The molecule has 6 nitrogen and oxygen atoms in total. The summed E-state index contributed by atoms with van der Waals surface area (Å²) in [6.07, 6.45) is 4.03. The summed E-state index contributed by atoms with van der Waals surface area (Å²) in [4.78, 5) is 26.8. The molecule has 1 aromatic carbocycles. The van der Waals surface area contributed by atoms with Gasteiger partial charge in [-0.1, -0.05) is 20.3 Å². The normalized spacial score (nSPS) is 18.6. The van der Waals surface area contributed by atoms with Crippen molar-refractivity contribution in [3.63, 3.8) is 0 Å². The molecule has 1 fully saturated rings. The number of nitrogens with zero attached hydrogens (tertiary/aromatic N) is 1. The van der Waals surface area contributed by atoms with Gasteiger partial charge in [0, 0.05) is 12.1 Å². The highest BCUT2D eigenvalue weighted by Gasteiger charge is 2.47. The van der Waals surface area contributed by atoms with E-state index in [1.807, 2.05) is 13.8 Å². The lowest BCUT2D eigenvalue weighted by Crippen LogP contribution is -2.30. The molecule has 0 spiro atoms. The zero-order valence-electron chi connectivity index (χ0n) is 16.2. The SMILES string of the molecule is CCCCN1C(=O)C(=O)/C(=C(\O)c2ccc(OCCC)cc2)C1c1ccco1. The predicted molar refractivity (Wildman–Crippen MR) is 105 cm³/mol. The number of likely N-dealkylation sites (tertiary alicyclic amines) is 1. The summed E-state index contributed by atoms with van der Waals surface area (Å²) in [5, 5.41) is 10.9. The molecule has 0 bridgehead atoms. The Morgan fingerprint density at radius 3 is 2.50 bits per heavy atom. The third-order valence-corrected chi connectivity index (χ3v) is 4.71. The number of rotatable bonds is 8. The monoisotopic (exact) mass is 383 g/mol. The molecule has 0 radical (unpaired) electrons. The van der Waals surface area contributed by atoms with Gasteiger partial charge in [-0.3, -0.25) is 9.59 Å². The zero-order valence-corrected chi connectivity index (χ0v) is 16.2. The number of ketones is 1. The molecule has 2 aromatic rings. The maximum absolute atomic E-state index is 12.7. The third kappa shape index (κ3) is 3.81. The number of hydrogen-bond acceptors (Lipinski definition) is 5. The minimum Gasteiger partial charge on any atom is -0.507 e. The van der Waals surface area contributed by atoms with E-state index in [0.717, 1.165) is 19.3 Å². The molecule has 1 unspecified atom stereocenters. The van der Waals surface area contributed by atoms with Gasteiger partial charge >= 0.3 is 0 Å². The van der Waals surface area contributed by atoms with Crippen LogP contribution in [0, 0.1) is 0 Å². The van der Waals surface area contributed by atoms with Gasteiger partial charge < -0.3 is 19.2 Å². The number of carbonyl (C=O) groups excluding carboxylic acids is 2. The van der Waals surface area contributed by atoms with Crippen molar-refractivity contribution in [3.8, 4) is 5.75 Å². The van der Waals surface area contributed by atoms with Crippen molar-refractivity contribution in [3.05, 3.63) is 59.6 Å². The van der Waals surface area contributed by atoms with Crippen molar-refractivity contribution in [2.75, 3.05) is 13.2 Å². The molecule has 28 heavy (non-hydrogen) atoms. The number of furan rings is 1. The van der Waals surface area contributed by atoms with Crippen LogP contribution in [0.4, 0.5) is 0 Å². The van der Waals surface area contributed by atoms with Gasteiger partial charge in [0.1, 0.15) is 23.3 Å². The number of aliphatic hydroxyl groups is 1. The lowest BCUT2D eigenvalue weighted by Gasteiger charge is -2.23. The summed E-state index contributed by atoms with van der Waals surface area (Å²) in [7, 11) is 0. The Bertz CT molecular complexity index is 852. The molecular formula is C22H25NO5. The van der Waals surface area contributed by atoms with Crippen molar-refractivity contribution in [2.24, 2.45) is 0 Å². The molecule has 6 heteroatoms. The van der Waals surface area contributed by atoms with Crippen LogP contribution in [0.5, 0.6) is 5.75 Å². The second kappa shape index (κ2) is 8.78. The van der Waals surface area contributed by atoms with Crippen LogP contribution in [0.15, 0.2) is 52.7 Å². The average Bonchev–Trinajstić information content (AvgIpc) is 3.32. The molecule has 148 valence electrons. The van der Waals surface area contributed by atoms with Crippen LogP contribution in [0.3, 0.4) is 0 Å². The van der Waals surface area contributed by atoms with E-state index < -0.39 is 17.7 Å². The highest BCUT2D eigenvalue weighted by Crippen LogP contribution is 2.39. The molecule has 1 atom stereocenters. The number of aliphatic hydroxyl groups excluding tert-OH is 1. The molecule has 2 heterocycles. The van der Waals surface area contributed by atoms with Crippen molar-refractivity contribution < 1.29 is 23.8 Å². The van der Waals surface area contributed by atoms with Crippen molar-refractivity contribution in [2.45, 2.75) is 39.2 Å². The summed E-state index contributed by atoms with van der Waals surface area (Å²) < 4.78 is 11.0. The summed E-state index contributed by atoms with van der Waals surface area (Å²) in [6.45, 7) is 5.06. The van der Waals surface area contributed by atoms with Crippen LogP contribution in [-0.4, -0.2) is 34.8 Å². The predicted octanol–water partition coefficient (Wildman–Crippen LogP) is 4.29. The molecule has 1 amide bonds. The Kier molecular flexibility index (Phi) is 6.19. The number of carbonyl (C=O) groups is 2. The average molecular weight is 383 g/mol. The van der Waals surface area contributed by atoms with Crippen molar-refractivity contribution in [1.29, 1.82) is 0 Å². The molecule has 1 aliphatic heterocycles. The highest BCUT2D eigenvalue weighted by molar-refractivity contribution is 6.46. The first-order chi connectivity index (χ1) is 13.6. The van der Waals surface area contributed by atoms with Gasteiger partial charge in [0.05, 0.1) is 18.4 Å². The zero-order chi connectivity index (χ0) is 20.1. The number of amides is 1. The number of hydrogen-bond donors (Lipinski definition) is 1. The molecule has 0 aliphatic carbocycles. The first kappa shape index (κ1) is 19.7. The summed E-state index contributed by atoms with van der Waals surface area (Å²) >= 11 is 0. The van der Waals surface area contributed by atoms with Crippen molar-refractivity contribution in [1.82, 2.24) is 4.90 Å². The van der Waals surface area contributed by atoms with E-state index in [9.17, 15) is 14.7 Å². The van der Waals surface area contributed by atoms with E-state index in [1.54, 1.807) is 36.4 Å². The van der Waals surface area contributed by atoms with Gasteiger partial charge in [-0.2, -0.15) is 0 Å². The Morgan fingerprint density at radius 2 is 1.89 bits per heavy atom. The number of benzene rings is 1. The van der Waals surface area contributed by atoms with Crippen LogP contribution in [0.25, 0.3) is 5.76 Å². The fourth-order valence-corrected chi connectivity index (χ4v) is 3.27. The maximum Gasteiger partial charge on any atom is 0.295 e. The molecule has 1 saturated heterocycles. The van der Waals surface area contributed by atoms with E-state index in [2.05, 4.69) is 0 Å². The number of unbranched alkanes of at least 4 members (excludes halogenated alkanes) is 1. The first-order valence-electron chi connectivity index (χ1n) is 9.63. The van der Waals surface area contributed by atoms with E-state index in [-0.39, 0.29) is 11.3 Å². The second-order valence-corrected chi connectivity index (χ2v) is 6.73. The minimum atomic E-state index is -0.724. The molecule has 1 N–H and O–H groups in total. The maximum atomic E-state index is 12.7. The quantitative estimate of drug-likeness (QED) is 0.418. The van der Waals surface area contributed by atoms with Crippen LogP contribution in [0.2, 0.25) is 0 Å². The van der Waals surface area contributed by atoms with Crippen LogP contribution in [0.1, 0.15) is 50.5 Å². The van der Waals surface area contributed by atoms with E-state index in [4.69, 9.17) is 9.15 Å². The Labute approximate surface area is 164 Å². The third-order valence-electron chi connectivity index (χ3n) is 4.71. The van der Waals surface area contributed by atoms with E-state index in [0.29, 0.717) is 30.2 Å². The fraction of sp³-hybridized carbons (Fsp3) is 0.364. The first-order valence-corrected chi connectivity index (χ1v) is 9.63. The van der Waals surface area contributed by atoms with Gasteiger partial charge in [0.15, 0.2) is 0 Å². The smallest absolute Gasteiger partial charge is 0.295 e. The summed E-state index contributed by atoms with van der Waals surface area (Å²) in [6, 6.07) is 9.52. The van der Waals surface area contributed by atoms with Gasteiger partial charge in [-0.15, -0.1) is 0 Å². The molecule has 1 aromatic heterocycles. The lowest BCUT2D eigenvalue weighted by molar-refractivity contribution is -0.140.